The van der Waals surface area contributed by atoms with Crippen LogP contribution in [0.1, 0.15) is 26.5 Å². The van der Waals surface area contributed by atoms with E-state index in [9.17, 15) is 14.4 Å². The van der Waals surface area contributed by atoms with Crippen LogP contribution in [0, 0.1) is 6.92 Å². The molecule has 1 aromatic heterocycles. The third-order valence-corrected chi connectivity index (χ3v) is 3.94. The number of nitrogens with one attached hydrogen (secondary N) is 2. The molecule has 10 heteroatoms. The van der Waals surface area contributed by atoms with Gasteiger partial charge in [0.25, 0.3) is 11.8 Å². The highest BCUT2D eigenvalue weighted by Gasteiger charge is 2.19. The second kappa shape index (κ2) is 8.98. The number of carbonyl (C=O) groups is 3. The van der Waals surface area contributed by atoms with Crippen LogP contribution in [0.5, 0.6) is 0 Å². The standard InChI is InChI=1S/C19H16ClN5O4/c1-12-17(24-25(23-12)15-9-5-8-14(20)10-15)19(28)29-11-16(26)21-22-18(27)13-6-3-2-4-7-13/h2-10H,11H2,1H3,(H,21,26)(H,22,27). The summed E-state index contributed by atoms with van der Waals surface area (Å²) in [6, 6.07) is 15.1. The molecule has 3 aromatic rings. The lowest BCUT2D eigenvalue weighted by atomic mass is 10.2. The number of nitrogens with zero attached hydrogens (tertiary/aromatic N) is 3. The van der Waals surface area contributed by atoms with Crippen LogP contribution >= 0.6 is 11.6 Å². The van der Waals surface area contributed by atoms with Crippen LogP contribution in [-0.2, 0) is 9.53 Å². The van der Waals surface area contributed by atoms with E-state index in [0.717, 1.165) is 0 Å². The van der Waals surface area contributed by atoms with E-state index in [-0.39, 0.29) is 5.69 Å². The molecule has 29 heavy (non-hydrogen) atoms. The Hall–Kier alpha value is -3.72. The Bertz CT molecular complexity index is 1050. The van der Waals surface area contributed by atoms with E-state index in [2.05, 4.69) is 21.0 Å². The van der Waals surface area contributed by atoms with Gasteiger partial charge in [0.15, 0.2) is 12.3 Å². The number of carbonyl (C=O) groups excluding carboxylic acids is 3. The summed E-state index contributed by atoms with van der Waals surface area (Å²) in [6.07, 6.45) is 0. The third-order valence-electron chi connectivity index (χ3n) is 3.70. The average molecular weight is 414 g/mol. The summed E-state index contributed by atoms with van der Waals surface area (Å²) in [5.41, 5.74) is 5.63. The van der Waals surface area contributed by atoms with E-state index in [1.807, 2.05) is 0 Å². The largest absolute Gasteiger partial charge is 0.451 e. The molecule has 0 unspecified atom stereocenters. The molecule has 1 heterocycles. The van der Waals surface area contributed by atoms with Crippen LogP contribution in [0.3, 0.4) is 0 Å². The van der Waals surface area contributed by atoms with Crippen LogP contribution < -0.4 is 10.9 Å². The first-order chi connectivity index (χ1) is 13.9. The van der Waals surface area contributed by atoms with Crippen molar-refractivity contribution in [3.05, 3.63) is 76.6 Å². The number of hydrogen-bond acceptors (Lipinski definition) is 6. The van der Waals surface area contributed by atoms with Crippen LogP contribution in [0.15, 0.2) is 54.6 Å². The maximum atomic E-state index is 12.2. The molecule has 3 rings (SSSR count). The van der Waals surface area contributed by atoms with Gasteiger partial charge in [0.05, 0.1) is 11.4 Å². The summed E-state index contributed by atoms with van der Waals surface area (Å²) in [5, 5.41) is 8.73. The molecular formula is C19H16ClN5O4. The van der Waals surface area contributed by atoms with Gasteiger partial charge in [-0.15, -0.1) is 5.10 Å². The van der Waals surface area contributed by atoms with Crippen LogP contribution in [0.25, 0.3) is 5.69 Å². The molecule has 2 amide bonds. The van der Waals surface area contributed by atoms with Crippen molar-refractivity contribution in [2.75, 3.05) is 6.61 Å². The van der Waals surface area contributed by atoms with E-state index >= 15 is 0 Å². The minimum absolute atomic E-state index is 0.0360. The number of halogens is 1. The van der Waals surface area contributed by atoms with E-state index < -0.39 is 24.4 Å². The van der Waals surface area contributed by atoms with Crippen molar-refractivity contribution in [3.8, 4) is 5.69 Å². The molecule has 0 atom stereocenters. The number of aromatic nitrogens is 3. The molecule has 0 aliphatic heterocycles. The second-order valence-corrected chi connectivity index (χ2v) is 6.28. The van der Waals surface area contributed by atoms with Crippen LogP contribution in [0.2, 0.25) is 5.02 Å². The van der Waals surface area contributed by atoms with Gasteiger partial charge in [-0.25, -0.2) is 4.79 Å². The lowest BCUT2D eigenvalue weighted by Crippen LogP contribution is -2.43. The Morgan fingerprint density at radius 2 is 1.79 bits per heavy atom. The Balaban J connectivity index is 1.54. The van der Waals surface area contributed by atoms with Crippen molar-refractivity contribution in [2.45, 2.75) is 6.92 Å². The maximum Gasteiger partial charge on any atom is 0.361 e. The minimum Gasteiger partial charge on any atom is -0.451 e. The number of aryl methyl sites for hydroxylation is 1. The molecule has 0 aliphatic carbocycles. The van der Waals surface area contributed by atoms with Crippen LogP contribution in [0.4, 0.5) is 0 Å². The maximum absolute atomic E-state index is 12.2. The fourth-order valence-corrected chi connectivity index (χ4v) is 2.49. The molecule has 0 fully saturated rings. The van der Waals surface area contributed by atoms with Gasteiger partial charge in [-0.2, -0.15) is 9.90 Å². The number of hydrazine groups is 1. The summed E-state index contributed by atoms with van der Waals surface area (Å²) in [7, 11) is 0. The summed E-state index contributed by atoms with van der Waals surface area (Å²) >= 11 is 5.94. The summed E-state index contributed by atoms with van der Waals surface area (Å²) in [4.78, 5) is 37.1. The quantitative estimate of drug-likeness (QED) is 0.487. The zero-order chi connectivity index (χ0) is 20.8. The van der Waals surface area contributed by atoms with Crippen molar-refractivity contribution in [3.63, 3.8) is 0 Å². The zero-order valence-corrected chi connectivity index (χ0v) is 16.0. The predicted octanol–water partition coefficient (Wildman–Crippen LogP) is 1.85. The van der Waals surface area contributed by atoms with Gasteiger partial charge >= 0.3 is 5.97 Å². The first-order valence-corrected chi connectivity index (χ1v) is 8.83. The van der Waals surface area contributed by atoms with Gasteiger partial charge in [0.1, 0.15) is 0 Å². The molecule has 2 N–H and O–H groups in total. The van der Waals surface area contributed by atoms with Gasteiger partial charge in [0.2, 0.25) is 0 Å². The number of rotatable bonds is 5. The highest BCUT2D eigenvalue weighted by molar-refractivity contribution is 6.30. The number of ether oxygens (including phenoxy) is 1. The Kier molecular flexibility index (Phi) is 6.20. The van der Waals surface area contributed by atoms with Gasteiger partial charge in [-0.05, 0) is 37.3 Å². The molecule has 0 saturated heterocycles. The molecule has 0 spiro atoms. The van der Waals surface area contributed by atoms with Crippen molar-refractivity contribution < 1.29 is 19.1 Å². The third kappa shape index (κ3) is 5.17. The van der Waals surface area contributed by atoms with E-state index in [4.69, 9.17) is 16.3 Å². The van der Waals surface area contributed by atoms with Crippen molar-refractivity contribution >= 4 is 29.4 Å². The van der Waals surface area contributed by atoms with E-state index in [0.29, 0.717) is 22.0 Å². The molecule has 0 aliphatic rings. The second-order valence-electron chi connectivity index (χ2n) is 5.85. The van der Waals surface area contributed by atoms with Gasteiger partial charge < -0.3 is 4.74 Å². The van der Waals surface area contributed by atoms with Gasteiger partial charge in [0, 0.05) is 10.6 Å². The number of benzene rings is 2. The Morgan fingerprint density at radius 3 is 2.52 bits per heavy atom. The first-order valence-electron chi connectivity index (χ1n) is 8.45. The molecule has 0 radical (unpaired) electrons. The average Bonchev–Trinajstić information content (AvgIpc) is 3.12. The van der Waals surface area contributed by atoms with Crippen LogP contribution in [-0.4, -0.2) is 39.4 Å². The molecule has 0 bridgehead atoms. The smallest absolute Gasteiger partial charge is 0.361 e. The van der Waals surface area contributed by atoms with Gasteiger partial charge in [-0.1, -0.05) is 35.9 Å². The summed E-state index contributed by atoms with van der Waals surface area (Å²) in [6.45, 7) is 0.988. The predicted molar refractivity (Wildman–Crippen MR) is 103 cm³/mol. The molecule has 2 aromatic carbocycles. The normalized spacial score (nSPS) is 10.3. The number of amides is 2. The first kappa shape index (κ1) is 20.0. The highest BCUT2D eigenvalue weighted by Crippen LogP contribution is 2.14. The monoisotopic (exact) mass is 413 g/mol. The van der Waals surface area contributed by atoms with E-state index in [1.54, 1.807) is 61.5 Å². The Morgan fingerprint density at radius 1 is 1.03 bits per heavy atom. The topological polar surface area (TPSA) is 115 Å². The van der Waals surface area contributed by atoms with Gasteiger partial charge in [-0.3, -0.25) is 20.4 Å². The van der Waals surface area contributed by atoms with Crippen molar-refractivity contribution in [1.82, 2.24) is 25.8 Å². The highest BCUT2D eigenvalue weighted by atomic mass is 35.5. The number of esters is 1. The SMILES string of the molecule is Cc1nn(-c2cccc(Cl)c2)nc1C(=O)OCC(=O)NNC(=O)c1ccccc1. The molecule has 0 saturated carbocycles. The lowest BCUT2D eigenvalue weighted by molar-refractivity contribution is -0.125. The fourth-order valence-electron chi connectivity index (χ4n) is 2.31. The molecular weight excluding hydrogens is 398 g/mol. The summed E-state index contributed by atoms with van der Waals surface area (Å²) in [5.74, 6) is -2.02. The number of hydrogen-bond donors (Lipinski definition) is 2. The lowest BCUT2D eigenvalue weighted by Gasteiger charge is -2.07. The minimum atomic E-state index is -0.819. The zero-order valence-electron chi connectivity index (χ0n) is 15.3. The van der Waals surface area contributed by atoms with Crippen molar-refractivity contribution in [2.24, 2.45) is 0 Å². The fraction of sp³-hybridized carbons (Fsp3) is 0.105. The van der Waals surface area contributed by atoms with E-state index in [1.165, 1.54) is 4.80 Å². The van der Waals surface area contributed by atoms with Crippen molar-refractivity contribution in [1.29, 1.82) is 0 Å². The summed E-state index contributed by atoms with van der Waals surface area (Å²) < 4.78 is 4.94. The molecule has 9 nitrogen and oxygen atoms in total. The Labute approximate surface area is 170 Å². The molecule has 148 valence electrons.